The van der Waals surface area contributed by atoms with Crippen LogP contribution in [0.4, 0.5) is 0 Å². The molecule has 1 amide bonds. The van der Waals surface area contributed by atoms with Gasteiger partial charge in [-0.05, 0) is 37.5 Å². The molecule has 0 saturated heterocycles. The second-order valence-corrected chi connectivity index (χ2v) is 6.90. The van der Waals surface area contributed by atoms with Crippen molar-refractivity contribution in [3.8, 4) is 0 Å². The van der Waals surface area contributed by atoms with Gasteiger partial charge in [0.05, 0.1) is 0 Å². The van der Waals surface area contributed by atoms with E-state index in [4.69, 9.17) is 0 Å². The maximum absolute atomic E-state index is 12.5. The molecule has 0 aliphatic carbocycles. The Hall–Kier alpha value is -2.55. The van der Waals surface area contributed by atoms with Gasteiger partial charge >= 0.3 is 0 Å². The van der Waals surface area contributed by atoms with Gasteiger partial charge in [0.1, 0.15) is 0 Å². The standard InChI is InChI=1S/C23H28N2O/c1-4-14-24-23(26)15-20(18-12-10-17(3)11-13-18)21-16-25(5-2)22-9-7-6-8-19(21)22/h6-13,16,20H,4-5,14-15H2,1-3H3,(H,24,26). The lowest BCUT2D eigenvalue weighted by Crippen LogP contribution is -2.26. The zero-order valence-electron chi connectivity index (χ0n) is 16.0. The Bertz CT molecular complexity index is 877. The number of para-hydroxylation sites is 1. The number of hydrogen-bond donors (Lipinski definition) is 1. The summed E-state index contributed by atoms with van der Waals surface area (Å²) >= 11 is 0. The zero-order valence-corrected chi connectivity index (χ0v) is 16.0. The number of fused-ring (bicyclic) bond motifs is 1. The van der Waals surface area contributed by atoms with Crippen molar-refractivity contribution in [2.75, 3.05) is 6.54 Å². The molecule has 1 atom stereocenters. The van der Waals surface area contributed by atoms with Crippen LogP contribution in [-0.4, -0.2) is 17.0 Å². The summed E-state index contributed by atoms with van der Waals surface area (Å²) in [6.07, 6.45) is 3.65. The fourth-order valence-corrected chi connectivity index (χ4v) is 3.54. The molecule has 0 aliphatic rings. The van der Waals surface area contributed by atoms with Gasteiger partial charge in [0.2, 0.25) is 5.91 Å². The summed E-state index contributed by atoms with van der Waals surface area (Å²) in [5, 5.41) is 4.28. The predicted molar refractivity (Wildman–Crippen MR) is 109 cm³/mol. The molecule has 3 aromatic rings. The van der Waals surface area contributed by atoms with Gasteiger partial charge in [0.15, 0.2) is 0 Å². The van der Waals surface area contributed by atoms with Crippen LogP contribution in [0.2, 0.25) is 0 Å². The van der Waals surface area contributed by atoms with E-state index in [1.165, 1.54) is 27.6 Å². The second kappa shape index (κ2) is 8.22. The van der Waals surface area contributed by atoms with Gasteiger partial charge in [-0.25, -0.2) is 0 Å². The number of rotatable bonds is 7. The highest BCUT2D eigenvalue weighted by Crippen LogP contribution is 2.34. The molecule has 0 saturated carbocycles. The van der Waals surface area contributed by atoms with Crippen molar-refractivity contribution in [3.05, 3.63) is 71.4 Å². The number of aromatic nitrogens is 1. The maximum Gasteiger partial charge on any atom is 0.220 e. The third-order valence-electron chi connectivity index (χ3n) is 4.98. The molecule has 136 valence electrons. The van der Waals surface area contributed by atoms with Crippen LogP contribution in [-0.2, 0) is 11.3 Å². The van der Waals surface area contributed by atoms with E-state index in [9.17, 15) is 4.79 Å². The molecule has 1 unspecified atom stereocenters. The van der Waals surface area contributed by atoms with Crippen molar-refractivity contribution in [1.29, 1.82) is 0 Å². The lowest BCUT2D eigenvalue weighted by molar-refractivity contribution is -0.121. The van der Waals surface area contributed by atoms with Crippen molar-refractivity contribution in [3.63, 3.8) is 0 Å². The molecular formula is C23H28N2O. The Kier molecular flexibility index (Phi) is 5.77. The van der Waals surface area contributed by atoms with Crippen molar-refractivity contribution in [2.45, 2.75) is 46.1 Å². The van der Waals surface area contributed by atoms with Crippen LogP contribution in [0.25, 0.3) is 10.9 Å². The van der Waals surface area contributed by atoms with Gasteiger partial charge in [-0.2, -0.15) is 0 Å². The molecule has 26 heavy (non-hydrogen) atoms. The van der Waals surface area contributed by atoms with E-state index in [-0.39, 0.29) is 11.8 Å². The monoisotopic (exact) mass is 348 g/mol. The molecule has 0 spiro atoms. The topological polar surface area (TPSA) is 34.0 Å². The highest BCUT2D eigenvalue weighted by atomic mass is 16.1. The minimum absolute atomic E-state index is 0.0603. The SMILES string of the molecule is CCCNC(=O)CC(c1ccc(C)cc1)c1cn(CC)c2ccccc12. The Morgan fingerprint density at radius 2 is 1.81 bits per heavy atom. The zero-order chi connectivity index (χ0) is 18.5. The van der Waals surface area contributed by atoms with Crippen LogP contribution >= 0.6 is 0 Å². The van der Waals surface area contributed by atoms with E-state index in [2.05, 4.69) is 85.4 Å². The van der Waals surface area contributed by atoms with E-state index in [0.29, 0.717) is 6.42 Å². The van der Waals surface area contributed by atoms with Gasteiger partial charge in [0.25, 0.3) is 0 Å². The average Bonchev–Trinajstić information content (AvgIpc) is 3.04. The largest absolute Gasteiger partial charge is 0.356 e. The van der Waals surface area contributed by atoms with E-state index in [1.807, 2.05) is 0 Å². The number of nitrogens with one attached hydrogen (secondary N) is 1. The number of aryl methyl sites for hydroxylation is 2. The Morgan fingerprint density at radius 3 is 2.50 bits per heavy atom. The van der Waals surface area contributed by atoms with Gasteiger partial charge < -0.3 is 9.88 Å². The smallest absolute Gasteiger partial charge is 0.220 e. The van der Waals surface area contributed by atoms with Crippen LogP contribution in [0.5, 0.6) is 0 Å². The summed E-state index contributed by atoms with van der Waals surface area (Å²) < 4.78 is 2.27. The average molecular weight is 348 g/mol. The quantitative estimate of drug-likeness (QED) is 0.639. The molecule has 0 fully saturated rings. The molecule has 1 aromatic heterocycles. The predicted octanol–water partition coefficient (Wildman–Crippen LogP) is 5.02. The number of hydrogen-bond acceptors (Lipinski definition) is 1. The fraction of sp³-hybridized carbons (Fsp3) is 0.348. The molecule has 3 rings (SSSR count). The number of carbonyl (C=O) groups is 1. The summed E-state index contributed by atoms with van der Waals surface area (Å²) in [6.45, 7) is 7.98. The van der Waals surface area contributed by atoms with Crippen LogP contribution in [0, 0.1) is 6.92 Å². The Balaban J connectivity index is 2.05. The maximum atomic E-state index is 12.5. The summed E-state index contributed by atoms with van der Waals surface area (Å²) in [6, 6.07) is 17.1. The normalized spacial score (nSPS) is 12.3. The van der Waals surface area contributed by atoms with E-state index >= 15 is 0 Å². The van der Waals surface area contributed by atoms with Crippen molar-refractivity contribution in [1.82, 2.24) is 9.88 Å². The third kappa shape index (κ3) is 3.82. The number of nitrogens with zero attached hydrogens (tertiary/aromatic N) is 1. The number of benzene rings is 2. The van der Waals surface area contributed by atoms with Crippen molar-refractivity contribution >= 4 is 16.8 Å². The highest BCUT2D eigenvalue weighted by Gasteiger charge is 2.22. The van der Waals surface area contributed by atoms with Crippen molar-refractivity contribution in [2.24, 2.45) is 0 Å². The number of amides is 1. The molecule has 2 aromatic carbocycles. The first-order valence-corrected chi connectivity index (χ1v) is 9.55. The molecular weight excluding hydrogens is 320 g/mol. The molecule has 3 nitrogen and oxygen atoms in total. The Morgan fingerprint density at radius 1 is 1.08 bits per heavy atom. The molecule has 1 heterocycles. The lowest BCUT2D eigenvalue weighted by atomic mass is 9.87. The molecule has 0 aliphatic heterocycles. The minimum atomic E-state index is 0.0603. The molecule has 0 radical (unpaired) electrons. The fourth-order valence-electron chi connectivity index (χ4n) is 3.54. The molecule has 0 bridgehead atoms. The van der Waals surface area contributed by atoms with Crippen LogP contribution in [0.15, 0.2) is 54.7 Å². The van der Waals surface area contributed by atoms with Gasteiger partial charge in [0, 0.05) is 42.5 Å². The summed E-state index contributed by atoms with van der Waals surface area (Å²) in [5.41, 5.74) is 4.90. The molecule has 3 heteroatoms. The van der Waals surface area contributed by atoms with Gasteiger partial charge in [-0.3, -0.25) is 4.79 Å². The minimum Gasteiger partial charge on any atom is -0.356 e. The van der Waals surface area contributed by atoms with Crippen molar-refractivity contribution < 1.29 is 4.79 Å². The summed E-state index contributed by atoms with van der Waals surface area (Å²) in [4.78, 5) is 12.5. The third-order valence-corrected chi connectivity index (χ3v) is 4.98. The second-order valence-electron chi connectivity index (χ2n) is 6.90. The summed E-state index contributed by atoms with van der Waals surface area (Å²) in [5.74, 6) is 0.177. The number of carbonyl (C=O) groups excluding carboxylic acids is 1. The Labute approximate surface area is 156 Å². The van der Waals surface area contributed by atoms with E-state index in [1.54, 1.807) is 0 Å². The van der Waals surface area contributed by atoms with Crippen LogP contribution in [0.3, 0.4) is 0 Å². The first-order chi connectivity index (χ1) is 12.6. The van der Waals surface area contributed by atoms with Crippen LogP contribution in [0.1, 0.15) is 49.3 Å². The first kappa shape index (κ1) is 18.2. The summed E-state index contributed by atoms with van der Waals surface area (Å²) in [7, 11) is 0. The molecule has 1 N–H and O–H groups in total. The highest BCUT2D eigenvalue weighted by molar-refractivity contribution is 5.86. The van der Waals surface area contributed by atoms with Gasteiger partial charge in [-0.15, -0.1) is 0 Å². The van der Waals surface area contributed by atoms with E-state index in [0.717, 1.165) is 19.5 Å². The van der Waals surface area contributed by atoms with Crippen LogP contribution < -0.4 is 5.32 Å². The lowest BCUT2D eigenvalue weighted by Gasteiger charge is -2.17. The van der Waals surface area contributed by atoms with E-state index < -0.39 is 0 Å². The first-order valence-electron chi connectivity index (χ1n) is 9.55. The van der Waals surface area contributed by atoms with Gasteiger partial charge in [-0.1, -0.05) is 55.0 Å².